The number of alkyl halides is 2. The Morgan fingerprint density at radius 2 is 1.90 bits per heavy atom. The van der Waals surface area contributed by atoms with Crippen molar-refractivity contribution < 1.29 is 18.3 Å². The maximum absolute atomic E-state index is 13.6. The number of para-hydroxylation sites is 2. The fourth-order valence-corrected chi connectivity index (χ4v) is 4.18. The van der Waals surface area contributed by atoms with Crippen molar-refractivity contribution in [1.82, 2.24) is 19.9 Å². The van der Waals surface area contributed by atoms with Crippen LogP contribution in [0.3, 0.4) is 0 Å². The molecule has 0 aliphatic rings. The molecular weight excluding hydrogens is 422 g/mol. The van der Waals surface area contributed by atoms with Crippen molar-refractivity contribution in [3.8, 4) is 16.3 Å². The molecule has 0 saturated heterocycles. The predicted molar refractivity (Wildman–Crippen MR) is 115 cm³/mol. The summed E-state index contributed by atoms with van der Waals surface area (Å²) in [6.45, 7) is -1.12. The second-order valence-electron chi connectivity index (χ2n) is 6.94. The van der Waals surface area contributed by atoms with Gasteiger partial charge < -0.3 is 10.1 Å². The van der Waals surface area contributed by atoms with Gasteiger partial charge in [-0.1, -0.05) is 12.1 Å². The third-order valence-corrected chi connectivity index (χ3v) is 5.75. The summed E-state index contributed by atoms with van der Waals surface area (Å²) in [5, 5.41) is 5.36. The molecule has 1 amide bonds. The molecule has 6 nitrogen and oxygen atoms in total. The lowest BCUT2D eigenvalue weighted by Gasteiger charge is -2.15. The van der Waals surface area contributed by atoms with E-state index in [9.17, 15) is 13.6 Å². The zero-order chi connectivity index (χ0) is 22.0. The molecular formula is C22H20F2N4O2S. The van der Waals surface area contributed by atoms with Crippen molar-refractivity contribution in [2.24, 2.45) is 0 Å². The van der Waals surface area contributed by atoms with Gasteiger partial charge in [0.1, 0.15) is 16.6 Å². The molecule has 2 aromatic carbocycles. The summed E-state index contributed by atoms with van der Waals surface area (Å²) in [6, 6.07) is 13.5. The molecule has 0 fully saturated rings. The first kappa shape index (κ1) is 20.9. The van der Waals surface area contributed by atoms with Crippen molar-refractivity contribution in [3.63, 3.8) is 0 Å². The normalized spacial score (nSPS) is 12.3. The van der Waals surface area contributed by atoms with Gasteiger partial charge in [-0.05, 0) is 43.3 Å². The minimum Gasteiger partial charge on any atom is -0.497 e. The van der Waals surface area contributed by atoms with Crippen molar-refractivity contribution in [2.45, 2.75) is 25.9 Å². The lowest BCUT2D eigenvalue weighted by Crippen LogP contribution is -2.30. The number of methoxy groups -OCH3 is 1. The first-order valence-electron chi connectivity index (χ1n) is 9.59. The van der Waals surface area contributed by atoms with E-state index >= 15 is 0 Å². The molecule has 0 radical (unpaired) electrons. The van der Waals surface area contributed by atoms with Crippen molar-refractivity contribution in [1.29, 1.82) is 0 Å². The SMILES string of the molecule is COc1ccc(-c2nc(CC(=O)NC(C)c3nc4ccccc4n3C(F)F)cs2)cc1. The highest BCUT2D eigenvalue weighted by Gasteiger charge is 2.23. The minimum atomic E-state index is -2.76. The van der Waals surface area contributed by atoms with E-state index in [1.54, 1.807) is 38.3 Å². The Balaban J connectivity index is 1.46. The van der Waals surface area contributed by atoms with Crippen LogP contribution in [0.25, 0.3) is 21.6 Å². The van der Waals surface area contributed by atoms with Gasteiger partial charge in [-0.2, -0.15) is 8.78 Å². The van der Waals surface area contributed by atoms with Gasteiger partial charge in [0, 0.05) is 10.9 Å². The van der Waals surface area contributed by atoms with Gasteiger partial charge in [-0.3, -0.25) is 9.36 Å². The number of ether oxygens (including phenoxy) is 1. The minimum absolute atomic E-state index is 0.0475. The Labute approximate surface area is 181 Å². The molecule has 0 saturated carbocycles. The van der Waals surface area contributed by atoms with Gasteiger partial charge in [0.15, 0.2) is 0 Å². The summed E-state index contributed by atoms with van der Waals surface area (Å²) in [5.41, 5.74) is 2.33. The van der Waals surface area contributed by atoms with Crippen LogP contribution < -0.4 is 10.1 Å². The number of imidazole rings is 1. The topological polar surface area (TPSA) is 69.0 Å². The number of carbonyl (C=O) groups is 1. The summed E-state index contributed by atoms with van der Waals surface area (Å²) < 4.78 is 33.3. The lowest BCUT2D eigenvalue weighted by atomic mass is 10.2. The molecule has 9 heteroatoms. The van der Waals surface area contributed by atoms with E-state index in [2.05, 4.69) is 15.3 Å². The number of hydrogen-bond acceptors (Lipinski definition) is 5. The van der Waals surface area contributed by atoms with Crippen LogP contribution in [0.4, 0.5) is 8.78 Å². The summed E-state index contributed by atoms with van der Waals surface area (Å²) in [6.07, 6.45) is 0.0475. The van der Waals surface area contributed by atoms with Crippen LogP contribution >= 0.6 is 11.3 Å². The summed E-state index contributed by atoms with van der Waals surface area (Å²) >= 11 is 1.44. The number of aromatic nitrogens is 3. The van der Waals surface area contributed by atoms with Gasteiger partial charge >= 0.3 is 6.55 Å². The third-order valence-electron chi connectivity index (χ3n) is 4.81. The van der Waals surface area contributed by atoms with E-state index in [4.69, 9.17) is 4.74 Å². The number of fused-ring (bicyclic) bond motifs is 1. The Hall–Kier alpha value is -3.33. The molecule has 2 aromatic heterocycles. The maximum atomic E-state index is 13.6. The highest BCUT2D eigenvalue weighted by atomic mass is 32.1. The van der Waals surface area contributed by atoms with Crippen LogP contribution in [-0.2, 0) is 11.2 Å². The standard InChI is InChI=1S/C22H20F2N4O2S/c1-13(20-27-17-5-3-4-6-18(17)28(20)22(23)24)25-19(29)11-15-12-31-21(26-15)14-7-9-16(30-2)10-8-14/h3-10,12-13,22H,11H2,1-2H3,(H,25,29). The molecule has 1 N–H and O–H groups in total. The number of thiazole rings is 1. The molecule has 4 rings (SSSR count). The van der Waals surface area contributed by atoms with E-state index in [1.165, 1.54) is 11.3 Å². The second-order valence-corrected chi connectivity index (χ2v) is 7.80. The molecule has 0 bridgehead atoms. The molecule has 1 atom stereocenters. The number of halogens is 2. The smallest absolute Gasteiger partial charge is 0.320 e. The zero-order valence-corrected chi connectivity index (χ0v) is 17.7. The first-order chi connectivity index (χ1) is 15.0. The number of carbonyl (C=O) groups excluding carboxylic acids is 1. The van der Waals surface area contributed by atoms with E-state index < -0.39 is 12.6 Å². The maximum Gasteiger partial charge on any atom is 0.320 e. The molecule has 31 heavy (non-hydrogen) atoms. The number of rotatable bonds is 7. The van der Waals surface area contributed by atoms with Crippen LogP contribution in [0.15, 0.2) is 53.9 Å². The molecule has 0 aliphatic carbocycles. The van der Waals surface area contributed by atoms with Crippen molar-refractivity contribution in [3.05, 3.63) is 65.4 Å². The largest absolute Gasteiger partial charge is 0.497 e. The summed E-state index contributed by atoms with van der Waals surface area (Å²) in [7, 11) is 1.60. The fraction of sp³-hybridized carbons (Fsp3) is 0.227. The van der Waals surface area contributed by atoms with Crippen LogP contribution in [0.1, 0.15) is 31.0 Å². The highest BCUT2D eigenvalue weighted by Crippen LogP contribution is 2.28. The predicted octanol–water partition coefficient (Wildman–Crippen LogP) is 4.98. The zero-order valence-electron chi connectivity index (χ0n) is 16.9. The Morgan fingerprint density at radius 1 is 1.16 bits per heavy atom. The Morgan fingerprint density at radius 3 is 2.61 bits per heavy atom. The van der Waals surface area contributed by atoms with Gasteiger partial charge in [0.25, 0.3) is 0 Å². The van der Waals surface area contributed by atoms with E-state index in [-0.39, 0.29) is 18.2 Å². The number of nitrogens with one attached hydrogen (secondary N) is 1. The number of benzene rings is 2. The van der Waals surface area contributed by atoms with E-state index in [0.717, 1.165) is 20.9 Å². The molecule has 0 spiro atoms. The highest BCUT2D eigenvalue weighted by molar-refractivity contribution is 7.13. The fourth-order valence-electron chi connectivity index (χ4n) is 3.35. The molecule has 0 aliphatic heterocycles. The molecule has 1 unspecified atom stereocenters. The number of hydrogen-bond donors (Lipinski definition) is 1. The Kier molecular flexibility index (Phi) is 5.94. The average Bonchev–Trinajstić information content (AvgIpc) is 3.38. The third kappa shape index (κ3) is 4.41. The Bertz CT molecular complexity index is 1200. The van der Waals surface area contributed by atoms with Crippen LogP contribution in [-0.4, -0.2) is 27.6 Å². The van der Waals surface area contributed by atoms with E-state index in [0.29, 0.717) is 16.7 Å². The van der Waals surface area contributed by atoms with E-state index in [1.807, 2.05) is 29.6 Å². The monoisotopic (exact) mass is 442 g/mol. The average molecular weight is 442 g/mol. The lowest BCUT2D eigenvalue weighted by molar-refractivity contribution is -0.121. The molecule has 2 heterocycles. The quantitative estimate of drug-likeness (QED) is 0.438. The van der Waals surface area contributed by atoms with Gasteiger partial charge in [-0.25, -0.2) is 9.97 Å². The summed E-state index contributed by atoms with van der Waals surface area (Å²) in [5.74, 6) is 0.553. The van der Waals surface area contributed by atoms with Gasteiger partial charge in [0.2, 0.25) is 5.91 Å². The van der Waals surface area contributed by atoms with Crippen LogP contribution in [0.5, 0.6) is 5.75 Å². The van der Waals surface area contributed by atoms with Gasteiger partial charge in [-0.15, -0.1) is 11.3 Å². The molecule has 4 aromatic rings. The number of nitrogens with zero attached hydrogens (tertiary/aromatic N) is 3. The molecule has 160 valence electrons. The van der Waals surface area contributed by atoms with Crippen LogP contribution in [0, 0.1) is 0 Å². The van der Waals surface area contributed by atoms with Crippen molar-refractivity contribution >= 4 is 28.3 Å². The summed E-state index contributed by atoms with van der Waals surface area (Å²) in [4.78, 5) is 21.3. The van der Waals surface area contributed by atoms with Crippen LogP contribution in [0.2, 0.25) is 0 Å². The number of amides is 1. The van der Waals surface area contributed by atoms with Gasteiger partial charge in [0.05, 0.1) is 36.3 Å². The second kappa shape index (κ2) is 8.81. The first-order valence-corrected chi connectivity index (χ1v) is 10.5. The van der Waals surface area contributed by atoms with Crippen molar-refractivity contribution in [2.75, 3.05) is 7.11 Å².